The summed E-state index contributed by atoms with van der Waals surface area (Å²) in [4.78, 5) is -0.103. The molecule has 126 valence electrons. The van der Waals surface area contributed by atoms with Gasteiger partial charge in [0, 0.05) is 26.5 Å². The van der Waals surface area contributed by atoms with E-state index in [1.807, 2.05) is 0 Å². The highest BCUT2D eigenvalue weighted by Crippen LogP contribution is 2.15. The average Bonchev–Trinajstić information content (AvgIpc) is 2.45. The number of hydrogen-bond donors (Lipinski definition) is 1. The van der Waals surface area contributed by atoms with Crippen molar-refractivity contribution >= 4 is 19.9 Å². The molecule has 0 saturated heterocycles. The van der Waals surface area contributed by atoms with E-state index in [4.69, 9.17) is 9.47 Å². The third kappa shape index (κ3) is 6.41. The van der Waals surface area contributed by atoms with Crippen molar-refractivity contribution in [1.82, 2.24) is 4.72 Å². The van der Waals surface area contributed by atoms with Gasteiger partial charge < -0.3 is 9.47 Å². The van der Waals surface area contributed by atoms with Gasteiger partial charge in [-0.1, -0.05) is 6.07 Å². The first-order valence-electron chi connectivity index (χ1n) is 6.64. The van der Waals surface area contributed by atoms with Crippen molar-refractivity contribution in [3.05, 3.63) is 24.3 Å². The molecule has 0 heterocycles. The van der Waals surface area contributed by atoms with Gasteiger partial charge in [-0.05, 0) is 24.6 Å². The van der Waals surface area contributed by atoms with Crippen molar-refractivity contribution in [3.8, 4) is 0 Å². The molecule has 0 amide bonds. The largest absolute Gasteiger partial charge is 0.382 e. The van der Waals surface area contributed by atoms with Crippen molar-refractivity contribution in [3.63, 3.8) is 0 Å². The second-order valence-electron chi connectivity index (χ2n) is 4.60. The van der Waals surface area contributed by atoms with Crippen LogP contribution in [0.1, 0.15) is 6.42 Å². The lowest BCUT2D eigenvalue weighted by Crippen LogP contribution is -2.26. The van der Waals surface area contributed by atoms with Crippen LogP contribution in [0, 0.1) is 0 Å². The summed E-state index contributed by atoms with van der Waals surface area (Å²) in [5.41, 5.74) is 0. The van der Waals surface area contributed by atoms with Gasteiger partial charge in [-0.15, -0.1) is 0 Å². The minimum absolute atomic E-state index is 0.0294. The van der Waals surface area contributed by atoms with Crippen LogP contribution in [0.5, 0.6) is 0 Å². The maximum atomic E-state index is 12.1. The van der Waals surface area contributed by atoms with Crippen molar-refractivity contribution in [2.24, 2.45) is 0 Å². The monoisotopic (exact) mass is 351 g/mol. The summed E-state index contributed by atoms with van der Waals surface area (Å²) in [7, 11) is -5.61. The van der Waals surface area contributed by atoms with E-state index in [1.165, 1.54) is 18.2 Å². The molecule has 0 fully saturated rings. The maximum absolute atomic E-state index is 12.1. The second-order valence-corrected chi connectivity index (χ2v) is 8.39. The molecule has 7 nitrogen and oxygen atoms in total. The number of benzene rings is 1. The summed E-state index contributed by atoms with van der Waals surface area (Å²) in [6.07, 6.45) is 1.54. The highest BCUT2D eigenvalue weighted by molar-refractivity contribution is 7.91. The number of rotatable bonds is 10. The number of ether oxygens (including phenoxy) is 2. The molecule has 1 aromatic rings. The van der Waals surface area contributed by atoms with Gasteiger partial charge in [0.2, 0.25) is 10.0 Å². The van der Waals surface area contributed by atoms with Gasteiger partial charge in [0.05, 0.1) is 23.0 Å². The Morgan fingerprint density at radius 3 is 2.36 bits per heavy atom. The normalized spacial score (nSPS) is 12.5. The maximum Gasteiger partial charge on any atom is 0.240 e. The van der Waals surface area contributed by atoms with E-state index >= 15 is 0 Å². The molecule has 0 saturated carbocycles. The van der Waals surface area contributed by atoms with Gasteiger partial charge in [-0.25, -0.2) is 21.6 Å². The molecule has 0 unspecified atom stereocenters. The molecule has 1 aromatic carbocycles. The van der Waals surface area contributed by atoms with E-state index in [-0.39, 0.29) is 16.3 Å². The van der Waals surface area contributed by atoms with Crippen LogP contribution in [-0.2, 0) is 29.3 Å². The molecule has 1 N–H and O–H groups in total. The quantitative estimate of drug-likeness (QED) is 0.614. The van der Waals surface area contributed by atoms with Gasteiger partial charge in [0.15, 0.2) is 9.84 Å². The Bertz CT molecular complexity index is 670. The van der Waals surface area contributed by atoms with E-state index in [9.17, 15) is 16.8 Å². The number of methoxy groups -OCH3 is 1. The first kappa shape index (κ1) is 19.0. The van der Waals surface area contributed by atoms with Crippen molar-refractivity contribution in [1.29, 1.82) is 0 Å². The topological polar surface area (TPSA) is 98.8 Å². The van der Waals surface area contributed by atoms with Crippen LogP contribution in [0.2, 0.25) is 0 Å². The minimum Gasteiger partial charge on any atom is -0.382 e. The standard InChI is InChI=1S/C13H21NO6S2/c1-19-9-10-20-8-4-7-14-22(17,18)13-6-3-5-12(11-13)21(2,15)16/h3,5-6,11,14H,4,7-10H2,1-2H3. The summed E-state index contributed by atoms with van der Waals surface area (Å²) in [6.45, 7) is 1.57. The Kier molecular flexibility index (Phi) is 7.43. The van der Waals surface area contributed by atoms with E-state index < -0.39 is 19.9 Å². The average molecular weight is 351 g/mol. The Labute approximate surface area is 131 Å². The Balaban J connectivity index is 2.57. The molecule has 0 aromatic heterocycles. The molecule has 0 aliphatic heterocycles. The fourth-order valence-corrected chi connectivity index (χ4v) is 3.44. The predicted molar refractivity (Wildman–Crippen MR) is 82.1 cm³/mol. The molecular formula is C13H21NO6S2. The predicted octanol–water partition coefficient (Wildman–Crippen LogP) is 0.422. The molecule has 1 rings (SSSR count). The third-order valence-electron chi connectivity index (χ3n) is 2.73. The number of hydrogen-bond acceptors (Lipinski definition) is 6. The van der Waals surface area contributed by atoms with E-state index in [0.717, 1.165) is 12.3 Å². The summed E-state index contributed by atoms with van der Waals surface area (Å²) in [5.74, 6) is 0. The second kappa shape index (κ2) is 8.59. The number of sulfone groups is 1. The lowest BCUT2D eigenvalue weighted by Gasteiger charge is -2.08. The van der Waals surface area contributed by atoms with Crippen LogP contribution in [0.3, 0.4) is 0 Å². The molecule has 22 heavy (non-hydrogen) atoms. The molecule has 0 aliphatic carbocycles. The van der Waals surface area contributed by atoms with Crippen LogP contribution < -0.4 is 4.72 Å². The zero-order valence-electron chi connectivity index (χ0n) is 12.6. The Morgan fingerprint density at radius 2 is 1.73 bits per heavy atom. The van der Waals surface area contributed by atoms with E-state index in [1.54, 1.807) is 7.11 Å². The van der Waals surface area contributed by atoms with Crippen molar-refractivity contribution < 1.29 is 26.3 Å². The Hall–Kier alpha value is -1.00. The molecule has 9 heteroatoms. The fraction of sp³-hybridized carbons (Fsp3) is 0.538. The summed E-state index contributed by atoms with van der Waals surface area (Å²) in [5, 5.41) is 0. The highest BCUT2D eigenvalue weighted by Gasteiger charge is 2.16. The van der Waals surface area contributed by atoms with Crippen LogP contribution in [0.25, 0.3) is 0 Å². The van der Waals surface area contributed by atoms with Gasteiger partial charge in [-0.3, -0.25) is 0 Å². The molecule has 0 radical (unpaired) electrons. The molecular weight excluding hydrogens is 330 g/mol. The Morgan fingerprint density at radius 1 is 1.05 bits per heavy atom. The minimum atomic E-state index is -3.74. The summed E-state index contributed by atoms with van der Waals surface area (Å²) in [6, 6.07) is 5.26. The van der Waals surface area contributed by atoms with Gasteiger partial charge >= 0.3 is 0 Å². The first-order chi connectivity index (χ1) is 10.3. The van der Waals surface area contributed by atoms with Crippen molar-refractivity contribution in [2.45, 2.75) is 16.2 Å². The molecule has 0 spiro atoms. The lowest BCUT2D eigenvalue weighted by atomic mass is 10.4. The zero-order chi connectivity index (χ0) is 16.6. The highest BCUT2D eigenvalue weighted by atomic mass is 32.2. The van der Waals surface area contributed by atoms with Crippen LogP contribution in [0.15, 0.2) is 34.1 Å². The van der Waals surface area contributed by atoms with E-state index in [2.05, 4.69) is 4.72 Å². The molecule has 0 atom stereocenters. The number of nitrogens with one attached hydrogen (secondary N) is 1. The third-order valence-corrected chi connectivity index (χ3v) is 5.30. The SMILES string of the molecule is COCCOCCCNS(=O)(=O)c1cccc(S(C)(=O)=O)c1. The summed E-state index contributed by atoms with van der Waals surface area (Å²) < 4.78 is 59.5. The van der Waals surface area contributed by atoms with Gasteiger partial charge in [0.25, 0.3) is 0 Å². The van der Waals surface area contributed by atoms with Crippen LogP contribution >= 0.6 is 0 Å². The molecule has 0 aliphatic rings. The smallest absolute Gasteiger partial charge is 0.240 e. The van der Waals surface area contributed by atoms with Crippen LogP contribution in [0.4, 0.5) is 0 Å². The number of sulfonamides is 1. The van der Waals surface area contributed by atoms with Crippen molar-refractivity contribution in [2.75, 3.05) is 39.7 Å². The first-order valence-corrected chi connectivity index (χ1v) is 10.0. The van der Waals surface area contributed by atoms with E-state index in [0.29, 0.717) is 26.2 Å². The molecule has 0 bridgehead atoms. The summed E-state index contributed by atoms with van der Waals surface area (Å²) >= 11 is 0. The fourth-order valence-electron chi connectivity index (χ4n) is 1.58. The van der Waals surface area contributed by atoms with Crippen LogP contribution in [-0.4, -0.2) is 56.6 Å². The lowest BCUT2D eigenvalue weighted by molar-refractivity contribution is 0.0699. The zero-order valence-corrected chi connectivity index (χ0v) is 14.2. The van der Waals surface area contributed by atoms with Gasteiger partial charge in [0.1, 0.15) is 0 Å². The van der Waals surface area contributed by atoms with Gasteiger partial charge in [-0.2, -0.15) is 0 Å².